The van der Waals surface area contributed by atoms with Crippen LogP contribution in [0.2, 0.25) is 0 Å². The minimum Gasteiger partial charge on any atom is -0.478 e. The predicted molar refractivity (Wildman–Crippen MR) is 479 cm³/mol. The molecule has 12 heterocycles. The van der Waals surface area contributed by atoms with Crippen molar-refractivity contribution in [3.05, 3.63) is 160 Å². The number of nitrogens with zero attached hydrogens (tertiary/aromatic N) is 12. The molecule has 6 atom stereocenters. The second kappa shape index (κ2) is 50.6. The molecule has 0 spiro atoms. The molecule has 6 aliphatic rings. The Morgan fingerprint density at radius 3 is 1.17 bits per heavy atom. The average Bonchev–Trinajstić information content (AvgIpc) is 1.69. The SMILES string of the molecule is C#CC#CC#CC#CC#CC#CC#CC#CC#CC#CC#CC#CC#CC#CC#CC.CC(C)(C)OC(=O)Nc1cnn(C2=CC(=O)NS2=O)c1.CCOC(=O)c1cnn(C2=CC(=O)NS2=O)c1.O=C1C=C(n2cc(C(=O)O)cn2)S(=O)N1.O=C1C=C(n2cc(I)cn2)S(=O)N1.O=C1C=C(n2ccc(-c3cccc(Br)c3)n2)S(=O)N1.O=C1C=C(n2cccn2)S(=O)N1. The van der Waals surface area contributed by atoms with Gasteiger partial charge in [0.15, 0.2) is 96.1 Å². The number of aromatic carboxylic acids is 1. The van der Waals surface area contributed by atoms with Gasteiger partial charge in [-0.2, -0.15) is 30.6 Å². The minimum atomic E-state index is -1.67. The number of halogens is 2. The van der Waals surface area contributed by atoms with Gasteiger partial charge in [-0.25, -0.2) is 67.7 Å². The van der Waals surface area contributed by atoms with E-state index in [1.807, 2.05) is 30.3 Å². The Bertz CT molecular complexity index is 7080. The van der Waals surface area contributed by atoms with Crippen LogP contribution in [0.1, 0.15) is 55.3 Å². The van der Waals surface area contributed by atoms with Crippen molar-refractivity contribution in [1.29, 1.82) is 0 Å². The normalized spacial score (nSPS) is 15.7. The molecule has 13 rings (SSSR count). The van der Waals surface area contributed by atoms with Crippen molar-refractivity contribution >= 4 is 194 Å². The van der Waals surface area contributed by atoms with Crippen LogP contribution in [0.15, 0.2) is 145 Å². The molecule has 6 aliphatic heterocycles. The van der Waals surface area contributed by atoms with Gasteiger partial charge >= 0.3 is 18.0 Å². The highest BCUT2D eigenvalue weighted by Gasteiger charge is 2.28. The Kier molecular flexibility index (Phi) is 38.9. The highest BCUT2D eigenvalue weighted by atomic mass is 127. The number of benzene rings is 1. The first kappa shape index (κ1) is 97.6. The smallest absolute Gasteiger partial charge is 0.412 e. The first-order chi connectivity index (χ1) is 60.9. The second-order valence-corrected chi connectivity index (χ2v) is 32.1. The summed E-state index contributed by atoms with van der Waals surface area (Å²) in [5, 5.41) is 36.3. The molecule has 0 radical (unpaired) electrons. The number of esters is 1. The quantitative estimate of drug-likeness (QED) is 0.0520. The Hall–Kier alpha value is -16.5. The largest absolute Gasteiger partial charge is 0.478 e. The van der Waals surface area contributed by atoms with Crippen LogP contribution in [0.3, 0.4) is 0 Å². The number of carboxylic acid groups (broad SMARTS) is 1. The van der Waals surface area contributed by atoms with E-state index >= 15 is 0 Å². The van der Waals surface area contributed by atoms with Crippen LogP contribution < -0.4 is 33.6 Å². The number of carboxylic acids is 1. The van der Waals surface area contributed by atoms with Crippen LogP contribution in [-0.4, -0.2) is 155 Å². The molecule has 127 heavy (non-hydrogen) atoms. The van der Waals surface area contributed by atoms with E-state index in [0.717, 1.165) is 42.3 Å². The van der Waals surface area contributed by atoms with E-state index in [9.17, 15) is 68.4 Å². The lowest BCUT2D eigenvalue weighted by Crippen LogP contribution is -2.27. The third kappa shape index (κ3) is 33.8. The Balaban J connectivity index is 0.000000207. The molecule has 630 valence electrons. The molecule has 0 aliphatic carbocycles. The molecule has 6 aromatic heterocycles. The second-order valence-electron chi connectivity index (χ2n) is 23.0. The number of anilines is 1. The number of ether oxygens (including phenoxy) is 2. The van der Waals surface area contributed by atoms with Gasteiger partial charge < -0.3 is 14.6 Å². The number of aromatic nitrogens is 12. The van der Waals surface area contributed by atoms with Crippen LogP contribution in [0.25, 0.3) is 41.4 Å². The van der Waals surface area contributed by atoms with Crippen molar-refractivity contribution in [2.75, 3.05) is 11.9 Å². The van der Waals surface area contributed by atoms with Gasteiger partial charge in [0, 0.05) is 155 Å². The summed E-state index contributed by atoms with van der Waals surface area (Å²) in [7, 11) is -9.41. The van der Waals surface area contributed by atoms with Gasteiger partial charge in [-0.15, -0.1) is 6.42 Å². The zero-order chi connectivity index (χ0) is 92.2. The Labute approximate surface area is 759 Å². The maximum atomic E-state index is 11.6. The predicted octanol–water partition coefficient (Wildman–Crippen LogP) is 1.79. The van der Waals surface area contributed by atoms with Gasteiger partial charge in [-0.3, -0.25) is 62.4 Å². The van der Waals surface area contributed by atoms with Crippen LogP contribution >= 0.6 is 38.5 Å². The summed E-state index contributed by atoms with van der Waals surface area (Å²) >= 11 is 5.49. The van der Waals surface area contributed by atoms with Gasteiger partial charge in [-0.1, -0.05) is 34.0 Å². The lowest BCUT2D eigenvalue weighted by molar-refractivity contribution is -0.115. The average molecular weight is 1990 g/mol. The maximum absolute atomic E-state index is 11.6. The molecular formula is C82H49BrIN19O18S6. The minimum absolute atomic E-state index is 0.0350. The van der Waals surface area contributed by atoms with Crippen LogP contribution in [0.4, 0.5) is 10.5 Å². The van der Waals surface area contributed by atoms with E-state index in [-0.39, 0.29) is 50.5 Å². The number of nitrogens with one attached hydrogen (secondary N) is 7. The van der Waals surface area contributed by atoms with Gasteiger partial charge in [0.1, 0.15) is 5.60 Å². The maximum Gasteiger partial charge on any atom is 0.412 e. The van der Waals surface area contributed by atoms with Gasteiger partial charge in [0.2, 0.25) is 0 Å². The summed E-state index contributed by atoms with van der Waals surface area (Å²) in [6.07, 6.45) is 27.5. The molecule has 6 unspecified atom stereocenters. The fourth-order valence-corrected chi connectivity index (χ4v) is 13.9. The molecule has 0 bridgehead atoms. The summed E-state index contributed by atoms with van der Waals surface area (Å²) in [4.78, 5) is 99.0. The zero-order valence-corrected chi connectivity index (χ0v) is 73.7. The Morgan fingerprint density at radius 1 is 0.472 bits per heavy atom. The number of carbonyl (C=O) groups excluding carboxylic acids is 8. The number of hydrogen-bond donors (Lipinski definition) is 8. The molecule has 0 fully saturated rings. The number of carbonyl (C=O) groups is 9. The molecule has 0 saturated carbocycles. The number of rotatable bonds is 11. The molecule has 0 saturated heterocycles. The van der Waals surface area contributed by atoms with E-state index < -0.39 is 107 Å². The van der Waals surface area contributed by atoms with E-state index in [0.29, 0.717) is 20.8 Å². The summed E-state index contributed by atoms with van der Waals surface area (Å²) in [5.74, 6) is 67.8. The summed E-state index contributed by atoms with van der Waals surface area (Å²) in [6.45, 7) is 8.90. The first-order valence-corrected chi connectivity index (χ1v) is 42.8. The first-order valence-electron chi connectivity index (χ1n) is 34.0. The fraction of sp³-hybridized carbons (Fsp3) is 0.0854. The topological polar surface area (TPSA) is 486 Å². The van der Waals surface area contributed by atoms with Crippen molar-refractivity contribution in [3.8, 4) is 189 Å². The van der Waals surface area contributed by atoms with Crippen molar-refractivity contribution in [2.24, 2.45) is 0 Å². The monoisotopic (exact) mass is 1990 g/mol. The molecule has 1 aromatic carbocycles. The van der Waals surface area contributed by atoms with Crippen molar-refractivity contribution < 1.29 is 83.0 Å². The summed E-state index contributed by atoms with van der Waals surface area (Å²) in [5.41, 5.74) is 1.66. The third-order valence-corrected chi connectivity index (χ3v) is 20.4. The fourth-order valence-electron chi connectivity index (χ4n) is 8.13. The number of hydrogen-bond acceptors (Lipinski definition) is 23. The van der Waals surface area contributed by atoms with E-state index in [1.54, 1.807) is 71.7 Å². The van der Waals surface area contributed by atoms with E-state index in [2.05, 4.69) is 274 Å². The molecule has 7 aromatic rings. The van der Waals surface area contributed by atoms with Gasteiger partial charge in [0.05, 0.1) is 63.7 Å². The van der Waals surface area contributed by atoms with Gasteiger partial charge in [0.25, 0.3) is 35.4 Å². The molecular weight excluding hydrogens is 1940 g/mol. The summed E-state index contributed by atoms with van der Waals surface area (Å²) in [6, 6.07) is 11.2. The Morgan fingerprint density at radius 2 is 0.835 bits per heavy atom. The van der Waals surface area contributed by atoms with Crippen LogP contribution in [0.5, 0.6) is 0 Å². The highest BCUT2D eigenvalue weighted by molar-refractivity contribution is 14.1. The van der Waals surface area contributed by atoms with Crippen molar-refractivity contribution in [3.63, 3.8) is 0 Å². The van der Waals surface area contributed by atoms with Crippen LogP contribution in [-0.2, 0) is 104 Å². The lowest BCUT2D eigenvalue weighted by atomic mass is 10.2. The van der Waals surface area contributed by atoms with E-state index in [1.165, 1.54) is 78.7 Å². The molecule has 7 amide bonds. The van der Waals surface area contributed by atoms with E-state index in [4.69, 9.17) is 21.0 Å². The number of amides is 7. The van der Waals surface area contributed by atoms with Crippen molar-refractivity contribution in [1.82, 2.24) is 87.0 Å². The third-order valence-electron chi connectivity index (χ3n) is 12.9. The van der Waals surface area contributed by atoms with Crippen LogP contribution in [0, 0.1) is 182 Å². The zero-order valence-electron chi connectivity index (χ0n) is 65.0. The summed E-state index contributed by atoms with van der Waals surface area (Å²) < 4.78 is 101. The molecule has 37 nitrogen and oxygen atoms in total. The molecule has 45 heteroatoms. The molecule has 8 N–H and O–H groups in total. The highest BCUT2D eigenvalue weighted by Crippen LogP contribution is 2.25. The van der Waals surface area contributed by atoms with Gasteiger partial charge in [-0.05, 0) is 176 Å². The standard InChI is InChI=1S/C31H4.C12H8BrN3O2S.C11H14N4O4S.C9H9N3O4S.C7H5N3O4S.C6H4IN3O2S.C6H5N3O2S/c1-3-5-7-9-11-13-15-17-19-21-23-25-27-29-31-30-28-26-24-22-20-18-16-14-12-10-8-6-4-2;13-9-3-1-2-8(6-9)10-4-5-16(14-10)12-7-11(17)15-19(12)18;1-11(2,3)19-10(17)13-7-5-12-15(6-7)9-4-8(16)14-20(9)18;1-2-16-9(14)6-4-10-12(5-6)8-3-7(13)11-17(8)15;11-5-1-6(15(14)9-5)10-3-4(2-8-10)7(12)13;7-4-2-8-10(3-4)6-1-5(11)9-13(6)12;10-5-4-6(12(11)8-5)9-3-1-2-7-9/h1H,2H3;1-7H,(H,15,17);4-6H,1-3H3,(H,13,17)(H,14,16);3-5H,2H2,1H3,(H,11,13);1-3H,(H,9,11)(H,12,13);1-3H,(H,9,11);1-4H,(H,8,10). The van der Waals surface area contributed by atoms with Crippen molar-refractivity contribution in [2.45, 2.75) is 40.2 Å². The number of terminal acetylenes is 1. The lowest BCUT2D eigenvalue weighted by Gasteiger charge is -2.19.